The van der Waals surface area contributed by atoms with Gasteiger partial charge in [-0.2, -0.15) is 0 Å². The molecular weight excluding hydrogens is 220 g/mol. The average molecular weight is 240 g/mol. The number of aliphatic hydroxyl groups is 1. The van der Waals surface area contributed by atoms with E-state index >= 15 is 0 Å². The van der Waals surface area contributed by atoms with Gasteiger partial charge in [0.15, 0.2) is 5.13 Å². The maximum absolute atomic E-state index is 9.18. The lowest BCUT2D eigenvalue weighted by Gasteiger charge is -2.37. The first-order valence-electron chi connectivity index (χ1n) is 5.84. The number of aryl methyl sites for hydroxylation is 1. The number of anilines is 1. The minimum Gasteiger partial charge on any atom is -0.391 e. The van der Waals surface area contributed by atoms with Crippen molar-refractivity contribution in [3.8, 4) is 0 Å². The summed E-state index contributed by atoms with van der Waals surface area (Å²) in [5, 5.41) is 10.3. The van der Waals surface area contributed by atoms with E-state index in [1.165, 1.54) is 12.8 Å². The Balaban J connectivity index is 2.17. The van der Waals surface area contributed by atoms with Gasteiger partial charge in [0.25, 0.3) is 0 Å². The summed E-state index contributed by atoms with van der Waals surface area (Å²) in [7, 11) is 0. The molecule has 0 aliphatic carbocycles. The van der Waals surface area contributed by atoms with Crippen LogP contribution in [0.25, 0.3) is 0 Å². The fourth-order valence-electron chi connectivity index (χ4n) is 2.28. The van der Waals surface area contributed by atoms with Crippen molar-refractivity contribution in [3.63, 3.8) is 0 Å². The monoisotopic (exact) mass is 240 g/mol. The van der Waals surface area contributed by atoms with Crippen LogP contribution in [0.4, 0.5) is 5.13 Å². The van der Waals surface area contributed by atoms with Crippen molar-refractivity contribution >= 4 is 16.5 Å². The van der Waals surface area contributed by atoms with Crippen LogP contribution < -0.4 is 4.90 Å². The van der Waals surface area contributed by atoms with Crippen molar-refractivity contribution in [1.29, 1.82) is 0 Å². The maximum atomic E-state index is 9.18. The third-order valence-corrected chi connectivity index (χ3v) is 4.40. The number of aliphatic hydroxyl groups excluding tert-OH is 1. The summed E-state index contributed by atoms with van der Waals surface area (Å²) < 4.78 is 0. The van der Waals surface area contributed by atoms with Gasteiger partial charge in [-0.05, 0) is 25.2 Å². The topological polar surface area (TPSA) is 36.4 Å². The standard InChI is InChI=1S/C12H20N2OS/c1-9-10(7-15)16-11(13-9)14-6-4-5-12(2,3)8-14/h15H,4-8H2,1-3H3. The van der Waals surface area contributed by atoms with E-state index in [9.17, 15) is 5.11 Å². The van der Waals surface area contributed by atoms with Crippen molar-refractivity contribution in [2.45, 2.75) is 40.2 Å². The zero-order chi connectivity index (χ0) is 11.8. The van der Waals surface area contributed by atoms with E-state index in [0.717, 1.165) is 28.8 Å². The SMILES string of the molecule is Cc1nc(N2CCCC(C)(C)C2)sc1CO. The molecule has 1 saturated heterocycles. The van der Waals surface area contributed by atoms with Gasteiger partial charge >= 0.3 is 0 Å². The van der Waals surface area contributed by atoms with E-state index in [0.29, 0.717) is 5.41 Å². The fraction of sp³-hybridized carbons (Fsp3) is 0.750. The molecule has 0 bridgehead atoms. The van der Waals surface area contributed by atoms with Gasteiger partial charge in [0.05, 0.1) is 17.2 Å². The molecule has 2 heterocycles. The second-order valence-electron chi connectivity index (χ2n) is 5.35. The van der Waals surface area contributed by atoms with Gasteiger partial charge in [0.2, 0.25) is 0 Å². The predicted molar refractivity (Wildman–Crippen MR) is 68.0 cm³/mol. The maximum Gasteiger partial charge on any atom is 0.185 e. The Kier molecular flexibility index (Phi) is 3.22. The van der Waals surface area contributed by atoms with Crippen LogP contribution in [0.3, 0.4) is 0 Å². The number of thiazole rings is 1. The number of hydrogen-bond acceptors (Lipinski definition) is 4. The molecule has 1 aliphatic rings. The molecule has 1 aliphatic heterocycles. The van der Waals surface area contributed by atoms with E-state index in [1.807, 2.05) is 6.92 Å². The summed E-state index contributed by atoms with van der Waals surface area (Å²) in [6, 6.07) is 0. The summed E-state index contributed by atoms with van der Waals surface area (Å²) >= 11 is 1.63. The van der Waals surface area contributed by atoms with Crippen LogP contribution in [0.2, 0.25) is 0 Å². The van der Waals surface area contributed by atoms with Crippen molar-refractivity contribution in [3.05, 3.63) is 10.6 Å². The van der Waals surface area contributed by atoms with E-state index in [1.54, 1.807) is 11.3 Å². The average Bonchev–Trinajstić information content (AvgIpc) is 2.58. The van der Waals surface area contributed by atoms with Crippen LogP contribution in [0.1, 0.15) is 37.3 Å². The van der Waals surface area contributed by atoms with E-state index in [2.05, 4.69) is 23.7 Å². The van der Waals surface area contributed by atoms with E-state index in [4.69, 9.17) is 0 Å². The first-order chi connectivity index (χ1) is 7.52. The molecule has 0 radical (unpaired) electrons. The molecule has 2 rings (SSSR count). The van der Waals surface area contributed by atoms with Crippen LogP contribution in [-0.2, 0) is 6.61 Å². The molecule has 1 aromatic heterocycles. The Morgan fingerprint density at radius 2 is 2.25 bits per heavy atom. The van der Waals surface area contributed by atoms with Crippen LogP contribution in [-0.4, -0.2) is 23.2 Å². The molecule has 1 N–H and O–H groups in total. The Bertz CT molecular complexity index is 373. The normalized spacial score (nSPS) is 20.1. The number of rotatable bonds is 2. The lowest BCUT2D eigenvalue weighted by Crippen LogP contribution is -2.40. The lowest BCUT2D eigenvalue weighted by molar-refractivity contribution is 0.284. The first-order valence-corrected chi connectivity index (χ1v) is 6.65. The highest BCUT2D eigenvalue weighted by atomic mass is 32.1. The molecule has 1 fully saturated rings. The smallest absolute Gasteiger partial charge is 0.185 e. The zero-order valence-electron chi connectivity index (χ0n) is 10.3. The minimum absolute atomic E-state index is 0.112. The van der Waals surface area contributed by atoms with Crippen molar-refractivity contribution in [2.24, 2.45) is 5.41 Å². The molecule has 0 spiro atoms. The summed E-state index contributed by atoms with van der Waals surface area (Å²) in [6.45, 7) is 8.88. The molecule has 1 aromatic rings. The van der Waals surface area contributed by atoms with Crippen molar-refractivity contribution in [1.82, 2.24) is 4.98 Å². The molecule has 4 heteroatoms. The van der Waals surface area contributed by atoms with Crippen LogP contribution in [0, 0.1) is 12.3 Å². The molecular formula is C12H20N2OS. The Morgan fingerprint density at radius 1 is 1.50 bits per heavy atom. The largest absolute Gasteiger partial charge is 0.391 e. The third-order valence-electron chi connectivity index (χ3n) is 3.20. The highest BCUT2D eigenvalue weighted by Gasteiger charge is 2.28. The summed E-state index contributed by atoms with van der Waals surface area (Å²) in [5.74, 6) is 0. The van der Waals surface area contributed by atoms with Gasteiger partial charge in [-0.3, -0.25) is 0 Å². The summed E-state index contributed by atoms with van der Waals surface area (Å²) in [5.41, 5.74) is 1.36. The number of aromatic nitrogens is 1. The highest BCUT2D eigenvalue weighted by Crippen LogP contribution is 2.34. The Hall–Kier alpha value is -0.610. The Morgan fingerprint density at radius 3 is 2.81 bits per heavy atom. The van der Waals surface area contributed by atoms with Gasteiger partial charge in [-0.25, -0.2) is 4.98 Å². The van der Waals surface area contributed by atoms with Crippen LogP contribution in [0.5, 0.6) is 0 Å². The second-order valence-corrected chi connectivity index (χ2v) is 6.41. The fourth-order valence-corrected chi connectivity index (χ4v) is 3.23. The van der Waals surface area contributed by atoms with Gasteiger partial charge in [-0.1, -0.05) is 25.2 Å². The zero-order valence-corrected chi connectivity index (χ0v) is 11.1. The molecule has 0 aromatic carbocycles. The summed E-state index contributed by atoms with van der Waals surface area (Å²) in [4.78, 5) is 7.92. The molecule has 0 saturated carbocycles. The minimum atomic E-state index is 0.112. The quantitative estimate of drug-likeness (QED) is 0.863. The lowest BCUT2D eigenvalue weighted by atomic mass is 9.84. The van der Waals surface area contributed by atoms with Gasteiger partial charge in [0, 0.05) is 13.1 Å². The number of hydrogen-bond donors (Lipinski definition) is 1. The number of piperidine rings is 1. The Labute approximate surface area is 101 Å². The number of nitrogens with zero attached hydrogens (tertiary/aromatic N) is 2. The molecule has 0 amide bonds. The van der Waals surface area contributed by atoms with Crippen LogP contribution >= 0.6 is 11.3 Å². The second kappa shape index (κ2) is 4.34. The third kappa shape index (κ3) is 2.38. The molecule has 16 heavy (non-hydrogen) atoms. The van der Waals surface area contributed by atoms with Gasteiger partial charge < -0.3 is 10.0 Å². The molecule has 3 nitrogen and oxygen atoms in total. The van der Waals surface area contributed by atoms with Gasteiger partial charge in [-0.15, -0.1) is 0 Å². The van der Waals surface area contributed by atoms with Crippen molar-refractivity contribution in [2.75, 3.05) is 18.0 Å². The highest BCUT2D eigenvalue weighted by molar-refractivity contribution is 7.15. The van der Waals surface area contributed by atoms with Gasteiger partial charge in [0.1, 0.15) is 0 Å². The molecule has 0 atom stereocenters. The molecule has 90 valence electrons. The van der Waals surface area contributed by atoms with Crippen LogP contribution in [0.15, 0.2) is 0 Å². The van der Waals surface area contributed by atoms with Crippen molar-refractivity contribution < 1.29 is 5.11 Å². The predicted octanol–water partition coefficient (Wildman–Crippen LogP) is 2.57. The molecule has 0 unspecified atom stereocenters. The van der Waals surface area contributed by atoms with E-state index < -0.39 is 0 Å². The first kappa shape index (κ1) is 11.9. The van der Waals surface area contributed by atoms with E-state index in [-0.39, 0.29) is 6.61 Å². The summed E-state index contributed by atoms with van der Waals surface area (Å²) in [6.07, 6.45) is 2.53.